The molecule has 0 unspecified atom stereocenters. The fourth-order valence-corrected chi connectivity index (χ4v) is 2.18. The number of hydrogen-bond acceptors (Lipinski definition) is 2. The lowest BCUT2D eigenvalue weighted by molar-refractivity contribution is -0.384. The van der Waals surface area contributed by atoms with Gasteiger partial charge in [0.15, 0.2) is 0 Å². The third kappa shape index (κ3) is 5.69. The van der Waals surface area contributed by atoms with Gasteiger partial charge in [0.05, 0.1) is 4.92 Å². The molecule has 0 saturated heterocycles. The predicted molar refractivity (Wildman–Crippen MR) is 80.0 cm³/mol. The molecule has 0 heterocycles. The van der Waals surface area contributed by atoms with E-state index in [0.717, 1.165) is 18.4 Å². The van der Waals surface area contributed by atoms with Crippen molar-refractivity contribution in [3.8, 4) is 0 Å². The SMILES string of the molecule is CC(C)CC(=Cc1ccc([N+](=O)[O-])cc1)CC(C)C. The van der Waals surface area contributed by atoms with Crippen molar-refractivity contribution in [2.24, 2.45) is 11.8 Å². The number of nitro benzene ring substituents is 1. The van der Waals surface area contributed by atoms with Gasteiger partial charge in [-0.3, -0.25) is 10.1 Å². The summed E-state index contributed by atoms with van der Waals surface area (Å²) in [7, 11) is 0. The van der Waals surface area contributed by atoms with E-state index in [2.05, 4.69) is 33.8 Å². The van der Waals surface area contributed by atoms with Crippen molar-refractivity contribution in [3.63, 3.8) is 0 Å². The molecule has 19 heavy (non-hydrogen) atoms. The van der Waals surface area contributed by atoms with Crippen LogP contribution in [-0.2, 0) is 0 Å². The minimum atomic E-state index is -0.364. The fourth-order valence-electron chi connectivity index (χ4n) is 2.18. The Balaban J connectivity index is 2.90. The molecule has 0 N–H and O–H groups in total. The van der Waals surface area contributed by atoms with Crippen LogP contribution in [-0.4, -0.2) is 4.92 Å². The van der Waals surface area contributed by atoms with Gasteiger partial charge in [-0.05, 0) is 42.4 Å². The molecule has 3 nitrogen and oxygen atoms in total. The second-order valence-corrected chi connectivity index (χ2v) is 5.85. The van der Waals surface area contributed by atoms with Crippen molar-refractivity contribution < 1.29 is 4.92 Å². The van der Waals surface area contributed by atoms with E-state index in [-0.39, 0.29) is 10.6 Å². The smallest absolute Gasteiger partial charge is 0.258 e. The van der Waals surface area contributed by atoms with Gasteiger partial charge in [-0.1, -0.05) is 39.3 Å². The van der Waals surface area contributed by atoms with Crippen LogP contribution in [0, 0.1) is 22.0 Å². The van der Waals surface area contributed by atoms with E-state index >= 15 is 0 Å². The second-order valence-electron chi connectivity index (χ2n) is 5.85. The lowest BCUT2D eigenvalue weighted by Gasteiger charge is -2.13. The number of nitro groups is 1. The van der Waals surface area contributed by atoms with Gasteiger partial charge in [0.1, 0.15) is 0 Å². The van der Waals surface area contributed by atoms with E-state index in [9.17, 15) is 10.1 Å². The molecular weight excluding hydrogens is 238 g/mol. The Morgan fingerprint density at radius 3 is 1.95 bits per heavy atom. The van der Waals surface area contributed by atoms with Crippen LogP contribution in [0.4, 0.5) is 5.69 Å². The maximum absolute atomic E-state index is 10.6. The molecule has 0 aliphatic heterocycles. The van der Waals surface area contributed by atoms with E-state index < -0.39 is 0 Å². The van der Waals surface area contributed by atoms with Crippen LogP contribution in [0.25, 0.3) is 6.08 Å². The van der Waals surface area contributed by atoms with Crippen LogP contribution in [0.15, 0.2) is 29.8 Å². The van der Waals surface area contributed by atoms with Crippen LogP contribution in [0.5, 0.6) is 0 Å². The summed E-state index contributed by atoms with van der Waals surface area (Å²) < 4.78 is 0. The van der Waals surface area contributed by atoms with Gasteiger partial charge < -0.3 is 0 Å². The summed E-state index contributed by atoms with van der Waals surface area (Å²) in [5.74, 6) is 1.26. The van der Waals surface area contributed by atoms with Crippen molar-refractivity contribution >= 4 is 11.8 Å². The molecular formula is C16H23NO2. The molecule has 1 aromatic carbocycles. The third-order valence-electron chi connectivity index (χ3n) is 2.82. The van der Waals surface area contributed by atoms with Crippen LogP contribution in [0.2, 0.25) is 0 Å². The van der Waals surface area contributed by atoms with Gasteiger partial charge in [-0.15, -0.1) is 0 Å². The highest BCUT2D eigenvalue weighted by atomic mass is 16.6. The monoisotopic (exact) mass is 261 g/mol. The number of allylic oxidation sites excluding steroid dienone is 1. The Kier molecular flexibility index (Phi) is 5.74. The average molecular weight is 261 g/mol. The summed E-state index contributed by atoms with van der Waals surface area (Å²) >= 11 is 0. The van der Waals surface area contributed by atoms with E-state index in [4.69, 9.17) is 0 Å². The molecule has 0 saturated carbocycles. The molecule has 1 aromatic rings. The van der Waals surface area contributed by atoms with Gasteiger partial charge in [0, 0.05) is 12.1 Å². The van der Waals surface area contributed by atoms with Crippen LogP contribution in [0.1, 0.15) is 46.1 Å². The molecule has 0 amide bonds. The Morgan fingerprint density at radius 1 is 1.11 bits per heavy atom. The van der Waals surface area contributed by atoms with Crippen LogP contribution < -0.4 is 0 Å². The van der Waals surface area contributed by atoms with Gasteiger partial charge in [-0.2, -0.15) is 0 Å². The molecule has 0 radical (unpaired) electrons. The number of non-ortho nitro benzene ring substituents is 1. The number of hydrogen-bond donors (Lipinski definition) is 0. The summed E-state index contributed by atoms with van der Waals surface area (Å²) in [4.78, 5) is 10.3. The first-order chi connectivity index (χ1) is 8.88. The van der Waals surface area contributed by atoms with Crippen molar-refractivity contribution in [1.29, 1.82) is 0 Å². The zero-order valence-corrected chi connectivity index (χ0v) is 12.2. The maximum atomic E-state index is 10.6. The van der Waals surface area contributed by atoms with E-state index in [1.54, 1.807) is 12.1 Å². The zero-order valence-electron chi connectivity index (χ0n) is 12.2. The first-order valence-electron chi connectivity index (χ1n) is 6.82. The Hall–Kier alpha value is -1.64. The van der Waals surface area contributed by atoms with Gasteiger partial charge in [0.2, 0.25) is 0 Å². The molecule has 0 atom stereocenters. The molecule has 3 heteroatoms. The lowest BCUT2D eigenvalue weighted by Crippen LogP contribution is -1.97. The highest BCUT2D eigenvalue weighted by Gasteiger charge is 2.06. The quantitative estimate of drug-likeness (QED) is 0.530. The Labute approximate surface area is 115 Å². The van der Waals surface area contributed by atoms with Crippen LogP contribution in [0.3, 0.4) is 0 Å². The lowest BCUT2D eigenvalue weighted by atomic mass is 9.93. The topological polar surface area (TPSA) is 43.1 Å². The maximum Gasteiger partial charge on any atom is 0.269 e. The fraction of sp³-hybridized carbons (Fsp3) is 0.500. The first kappa shape index (κ1) is 15.4. The van der Waals surface area contributed by atoms with Gasteiger partial charge in [0.25, 0.3) is 5.69 Å². The largest absolute Gasteiger partial charge is 0.269 e. The minimum absolute atomic E-state index is 0.145. The molecule has 0 aliphatic rings. The molecule has 104 valence electrons. The molecule has 0 fully saturated rings. The zero-order chi connectivity index (χ0) is 14.4. The summed E-state index contributed by atoms with van der Waals surface area (Å²) in [5.41, 5.74) is 2.60. The molecule has 0 aliphatic carbocycles. The summed E-state index contributed by atoms with van der Waals surface area (Å²) in [6, 6.07) is 6.76. The summed E-state index contributed by atoms with van der Waals surface area (Å²) in [6.45, 7) is 8.85. The first-order valence-corrected chi connectivity index (χ1v) is 6.82. The van der Waals surface area contributed by atoms with Crippen molar-refractivity contribution in [1.82, 2.24) is 0 Å². The van der Waals surface area contributed by atoms with E-state index in [0.29, 0.717) is 11.8 Å². The Morgan fingerprint density at radius 2 is 1.58 bits per heavy atom. The average Bonchev–Trinajstić information content (AvgIpc) is 2.27. The second kappa shape index (κ2) is 7.07. The summed E-state index contributed by atoms with van der Waals surface area (Å²) in [5, 5.41) is 10.6. The van der Waals surface area contributed by atoms with Gasteiger partial charge >= 0.3 is 0 Å². The van der Waals surface area contributed by atoms with Crippen LogP contribution >= 0.6 is 0 Å². The van der Waals surface area contributed by atoms with Crippen molar-refractivity contribution in [2.75, 3.05) is 0 Å². The summed E-state index contributed by atoms with van der Waals surface area (Å²) in [6.07, 6.45) is 4.33. The third-order valence-corrected chi connectivity index (χ3v) is 2.82. The van der Waals surface area contributed by atoms with Crippen molar-refractivity contribution in [2.45, 2.75) is 40.5 Å². The molecule has 0 spiro atoms. The van der Waals surface area contributed by atoms with E-state index in [1.807, 2.05) is 12.1 Å². The number of benzene rings is 1. The standard InChI is InChI=1S/C16H23NO2/c1-12(2)9-15(10-13(3)4)11-14-5-7-16(8-6-14)17(18)19/h5-8,11-13H,9-10H2,1-4H3. The van der Waals surface area contributed by atoms with E-state index in [1.165, 1.54) is 5.57 Å². The highest BCUT2D eigenvalue weighted by molar-refractivity contribution is 5.54. The molecule has 0 bridgehead atoms. The van der Waals surface area contributed by atoms with Crippen molar-refractivity contribution in [3.05, 3.63) is 45.5 Å². The normalized spacial score (nSPS) is 10.8. The predicted octanol–water partition coefficient (Wildman–Crippen LogP) is 5.07. The molecule has 0 aromatic heterocycles. The minimum Gasteiger partial charge on any atom is -0.258 e. The molecule has 1 rings (SSSR count). The highest BCUT2D eigenvalue weighted by Crippen LogP contribution is 2.23. The van der Waals surface area contributed by atoms with Gasteiger partial charge in [-0.25, -0.2) is 0 Å². The number of rotatable bonds is 6. The Bertz CT molecular complexity index is 432. The number of nitrogens with zero attached hydrogens (tertiary/aromatic N) is 1.